The van der Waals surface area contributed by atoms with Crippen LogP contribution in [0, 0.1) is 5.82 Å². The fraction of sp³-hybridized carbons (Fsp3) is 0.682. The molecule has 0 N–H and O–H groups in total. The van der Waals surface area contributed by atoms with Gasteiger partial charge in [-0.15, -0.1) is 0 Å². The molecule has 2 saturated heterocycles. The lowest BCUT2D eigenvalue weighted by atomic mass is 10.1. The molecular weight excluding hydrogens is 453 g/mol. The number of carbonyl (C=O) groups is 2. The maximum Gasteiger partial charge on any atom is 0.410 e. The summed E-state index contributed by atoms with van der Waals surface area (Å²) < 4.78 is 26.3. The van der Waals surface area contributed by atoms with Gasteiger partial charge in [0.05, 0.1) is 6.04 Å². The highest BCUT2D eigenvalue weighted by atomic mass is 35.5. The first kappa shape index (κ1) is 23.8. The highest BCUT2D eigenvalue weighted by molar-refractivity contribution is 6.30. The molecule has 11 heteroatoms. The van der Waals surface area contributed by atoms with E-state index in [1.165, 1.54) is 0 Å². The second-order valence-corrected chi connectivity index (χ2v) is 10.3. The van der Waals surface area contributed by atoms with Gasteiger partial charge < -0.3 is 29.1 Å². The van der Waals surface area contributed by atoms with Crippen molar-refractivity contribution in [1.82, 2.24) is 19.7 Å². The first-order valence-electron chi connectivity index (χ1n) is 11.2. The van der Waals surface area contributed by atoms with Crippen molar-refractivity contribution in [3.8, 4) is 5.75 Å². The van der Waals surface area contributed by atoms with E-state index in [-0.39, 0.29) is 48.1 Å². The molecule has 9 nitrogen and oxygen atoms in total. The number of piperazine rings is 2. The largest absolute Gasteiger partial charge is 0.487 e. The third kappa shape index (κ3) is 4.68. The Kier molecular flexibility index (Phi) is 6.34. The van der Waals surface area contributed by atoms with E-state index < -0.39 is 23.6 Å². The van der Waals surface area contributed by atoms with Crippen molar-refractivity contribution in [3.05, 3.63) is 16.5 Å². The average molecular weight is 484 g/mol. The summed E-state index contributed by atoms with van der Waals surface area (Å²) in [6.45, 7) is 10.5. The third-order valence-corrected chi connectivity index (χ3v) is 6.42. The molecule has 0 saturated carbocycles. The maximum absolute atomic E-state index is 15.0. The molecule has 0 aliphatic carbocycles. The Morgan fingerprint density at radius 2 is 1.88 bits per heavy atom. The Hall–Kier alpha value is -2.33. The van der Waals surface area contributed by atoms with Gasteiger partial charge >= 0.3 is 6.09 Å². The zero-order valence-electron chi connectivity index (χ0n) is 19.7. The SMILES string of the molecule is C[C@H]1CN(C)CCN1c1nc(Cl)c(F)c2c1C(=O)N1CCN(C(=O)OC(C)(C)C)C[C@@H]1CO2. The molecule has 0 bridgehead atoms. The van der Waals surface area contributed by atoms with Gasteiger partial charge in [-0.1, -0.05) is 11.6 Å². The van der Waals surface area contributed by atoms with Crippen molar-refractivity contribution in [2.24, 2.45) is 0 Å². The maximum atomic E-state index is 15.0. The van der Waals surface area contributed by atoms with Gasteiger partial charge in [0.15, 0.2) is 10.9 Å². The monoisotopic (exact) mass is 483 g/mol. The molecule has 33 heavy (non-hydrogen) atoms. The minimum atomic E-state index is -0.839. The van der Waals surface area contributed by atoms with E-state index in [0.717, 1.165) is 13.1 Å². The van der Waals surface area contributed by atoms with Crippen LogP contribution in [0.2, 0.25) is 5.15 Å². The van der Waals surface area contributed by atoms with E-state index in [4.69, 9.17) is 21.1 Å². The Morgan fingerprint density at radius 3 is 2.55 bits per heavy atom. The smallest absolute Gasteiger partial charge is 0.410 e. The minimum absolute atomic E-state index is 0.0348. The molecule has 1 aromatic heterocycles. The predicted molar refractivity (Wildman–Crippen MR) is 122 cm³/mol. The van der Waals surface area contributed by atoms with Gasteiger partial charge in [-0.3, -0.25) is 4.79 Å². The van der Waals surface area contributed by atoms with Crippen LogP contribution in [0.1, 0.15) is 38.1 Å². The fourth-order valence-electron chi connectivity index (χ4n) is 4.57. The van der Waals surface area contributed by atoms with E-state index in [1.807, 2.05) is 18.9 Å². The van der Waals surface area contributed by atoms with Crippen LogP contribution in [0.15, 0.2) is 0 Å². The van der Waals surface area contributed by atoms with Crippen molar-refractivity contribution >= 4 is 29.4 Å². The minimum Gasteiger partial charge on any atom is -0.487 e. The lowest BCUT2D eigenvalue weighted by Gasteiger charge is -2.41. The van der Waals surface area contributed by atoms with Crippen LogP contribution in [0.25, 0.3) is 0 Å². The first-order valence-corrected chi connectivity index (χ1v) is 11.6. The molecule has 3 aliphatic heterocycles. The number of anilines is 1. The molecule has 1 aromatic rings. The van der Waals surface area contributed by atoms with Crippen LogP contribution < -0.4 is 9.64 Å². The zero-order chi connectivity index (χ0) is 24.1. The second kappa shape index (κ2) is 8.79. The highest BCUT2D eigenvalue weighted by Crippen LogP contribution is 2.39. The molecule has 0 unspecified atom stereocenters. The summed E-state index contributed by atoms with van der Waals surface area (Å²) in [5, 5.41) is -0.321. The summed E-state index contributed by atoms with van der Waals surface area (Å²) >= 11 is 6.13. The summed E-state index contributed by atoms with van der Waals surface area (Å²) in [6, 6.07) is -0.389. The summed E-state index contributed by atoms with van der Waals surface area (Å²) in [4.78, 5) is 37.9. The van der Waals surface area contributed by atoms with Crippen molar-refractivity contribution in [1.29, 1.82) is 0 Å². The van der Waals surface area contributed by atoms with Gasteiger partial charge in [0, 0.05) is 45.3 Å². The van der Waals surface area contributed by atoms with Crippen LogP contribution in [-0.2, 0) is 4.74 Å². The number of nitrogens with zero attached hydrogens (tertiary/aromatic N) is 5. The number of aromatic nitrogens is 1. The first-order chi connectivity index (χ1) is 15.5. The normalized spacial score (nSPS) is 24.1. The van der Waals surface area contributed by atoms with E-state index in [1.54, 1.807) is 30.6 Å². The standard InChI is InChI=1S/C22H31ClFN5O4/c1-13-10-26(5)6-8-28(13)19-15-17(16(24)18(23)25-19)32-12-14-11-27(7-9-29(14)20(15)30)21(31)33-22(2,3)4/h13-14H,6-12H2,1-5H3/t13-,14+/m0/s1. The van der Waals surface area contributed by atoms with Crippen LogP contribution >= 0.6 is 11.6 Å². The van der Waals surface area contributed by atoms with Gasteiger partial charge in [-0.25, -0.2) is 9.78 Å². The van der Waals surface area contributed by atoms with E-state index in [9.17, 15) is 9.59 Å². The number of carbonyl (C=O) groups excluding carboxylic acids is 2. The van der Waals surface area contributed by atoms with Gasteiger partial charge in [0.25, 0.3) is 5.91 Å². The number of ether oxygens (including phenoxy) is 2. The van der Waals surface area contributed by atoms with Crippen molar-refractivity contribution in [2.45, 2.75) is 45.4 Å². The second-order valence-electron chi connectivity index (χ2n) is 9.94. The van der Waals surface area contributed by atoms with Crippen LogP contribution in [-0.4, -0.2) is 102 Å². The van der Waals surface area contributed by atoms with Crippen LogP contribution in [0.5, 0.6) is 5.75 Å². The third-order valence-electron chi connectivity index (χ3n) is 6.17. The number of fused-ring (bicyclic) bond motifs is 2. The molecule has 4 rings (SSSR count). The predicted octanol–water partition coefficient (Wildman–Crippen LogP) is 2.47. The molecule has 0 spiro atoms. The van der Waals surface area contributed by atoms with E-state index >= 15 is 4.39 Å². The molecule has 0 aromatic carbocycles. The summed E-state index contributed by atoms with van der Waals surface area (Å²) in [6.07, 6.45) is -0.445. The molecule has 2 fully saturated rings. The quantitative estimate of drug-likeness (QED) is 0.568. The number of amides is 2. The number of hydrogen-bond acceptors (Lipinski definition) is 7. The van der Waals surface area contributed by atoms with E-state index in [0.29, 0.717) is 18.9 Å². The molecule has 182 valence electrons. The molecule has 2 atom stereocenters. The number of halogens is 2. The van der Waals surface area contributed by atoms with Gasteiger partial charge in [-0.05, 0) is 34.7 Å². The number of hydrogen-bond donors (Lipinski definition) is 0. The van der Waals surface area contributed by atoms with Crippen molar-refractivity contribution in [3.63, 3.8) is 0 Å². The zero-order valence-corrected chi connectivity index (χ0v) is 20.5. The Morgan fingerprint density at radius 1 is 1.18 bits per heavy atom. The van der Waals surface area contributed by atoms with Crippen LogP contribution in [0.4, 0.5) is 15.0 Å². The summed E-state index contributed by atoms with van der Waals surface area (Å²) in [5.41, 5.74) is -0.526. The van der Waals surface area contributed by atoms with Gasteiger partial charge in [0.1, 0.15) is 23.6 Å². The van der Waals surface area contributed by atoms with Crippen molar-refractivity contribution < 1.29 is 23.5 Å². The molecule has 0 radical (unpaired) electrons. The number of pyridine rings is 1. The summed E-state index contributed by atoms with van der Waals surface area (Å²) in [7, 11) is 2.03. The fourth-order valence-corrected chi connectivity index (χ4v) is 4.74. The molecule has 2 amide bonds. The number of rotatable bonds is 1. The molecular formula is C22H31ClFN5O4. The van der Waals surface area contributed by atoms with Gasteiger partial charge in [-0.2, -0.15) is 4.39 Å². The highest BCUT2D eigenvalue weighted by Gasteiger charge is 2.42. The Labute approximate surface area is 198 Å². The van der Waals surface area contributed by atoms with Gasteiger partial charge in [0.2, 0.25) is 5.82 Å². The number of likely N-dealkylation sites (N-methyl/N-ethyl adjacent to an activating group) is 1. The average Bonchev–Trinajstić information content (AvgIpc) is 2.86. The lowest BCUT2D eigenvalue weighted by molar-refractivity contribution is 0.000863. The van der Waals surface area contributed by atoms with Crippen LogP contribution in [0.3, 0.4) is 0 Å². The summed E-state index contributed by atoms with van der Waals surface area (Å²) in [5.74, 6) is -1.02. The Bertz CT molecular complexity index is 956. The molecule has 3 aliphatic rings. The lowest BCUT2D eigenvalue weighted by Crippen LogP contribution is -2.58. The Balaban J connectivity index is 1.65. The molecule has 4 heterocycles. The topological polar surface area (TPSA) is 78.5 Å². The van der Waals surface area contributed by atoms with E-state index in [2.05, 4.69) is 9.88 Å². The van der Waals surface area contributed by atoms with Crippen molar-refractivity contribution in [2.75, 3.05) is 57.8 Å².